The molecule has 0 spiro atoms. The number of nitrogens with zero attached hydrogens (tertiary/aromatic N) is 3. The molecule has 112 valence electrons. The Bertz CT molecular complexity index is 456. The van der Waals surface area contributed by atoms with Crippen molar-refractivity contribution in [1.82, 2.24) is 9.97 Å². The quantitative estimate of drug-likeness (QED) is 0.918. The Morgan fingerprint density at radius 2 is 1.90 bits per heavy atom. The van der Waals surface area contributed by atoms with Crippen molar-refractivity contribution in [1.29, 1.82) is 0 Å². The molecule has 1 aliphatic heterocycles. The monoisotopic (exact) mass is 276 g/mol. The highest BCUT2D eigenvalue weighted by atomic mass is 15.2. The van der Waals surface area contributed by atoms with Gasteiger partial charge in [0.1, 0.15) is 17.5 Å². The largest absolute Gasteiger partial charge is 0.373 e. The second-order valence-electron chi connectivity index (χ2n) is 6.24. The van der Waals surface area contributed by atoms with E-state index in [0.29, 0.717) is 0 Å². The molecule has 2 heterocycles. The smallest absolute Gasteiger partial charge is 0.137 e. The highest BCUT2D eigenvalue weighted by Crippen LogP contribution is 2.29. The summed E-state index contributed by atoms with van der Waals surface area (Å²) < 4.78 is 0. The summed E-state index contributed by atoms with van der Waals surface area (Å²) in [7, 11) is 1.93. The lowest BCUT2D eigenvalue weighted by Crippen LogP contribution is -2.27. The van der Waals surface area contributed by atoms with Crippen molar-refractivity contribution >= 4 is 11.6 Å². The molecule has 0 amide bonds. The lowest BCUT2D eigenvalue weighted by molar-refractivity contribution is 0.351. The highest BCUT2D eigenvalue weighted by Gasteiger charge is 2.22. The second kappa shape index (κ2) is 6.42. The second-order valence-corrected chi connectivity index (χ2v) is 6.24. The average molecular weight is 276 g/mol. The molecule has 1 aliphatic rings. The van der Waals surface area contributed by atoms with Gasteiger partial charge in [0.05, 0.1) is 0 Å². The zero-order chi connectivity index (χ0) is 14.7. The van der Waals surface area contributed by atoms with E-state index < -0.39 is 0 Å². The summed E-state index contributed by atoms with van der Waals surface area (Å²) in [6.07, 6.45) is 3.88. The van der Waals surface area contributed by atoms with E-state index in [1.165, 1.54) is 24.8 Å². The Kier molecular flexibility index (Phi) is 4.84. The van der Waals surface area contributed by atoms with Crippen molar-refractivity contribution in [2.24, 2.45) is 11.8 Å². The molecule has 4 heteroatoms. The number of rotatable bonds is 3. The first-order chi connectivity index (χ1) is 9.52. The summed E-state index contributed by atoms with van der Waals surface area (Å²) in [6, 6.07) is 0. The fourth-order valence-corrected chi connectivity index (χ4v) is 3.17. The molecule has 1 fully saturated rings. The van der Waals surface area contributed by atoms with Gasteiger partial charge in [0.2, 0.25) is 0 Å². The highest BCUT2D eigenvalue weighted by molar-refractivity contribution is 5.58. The van der Waals surface area contributed by atoms with E-state index >= 15 is 0 Å². The molecule has 0 bridgehead atoms. The van der Waals surface area contributed by atoms with Crippen LogP contribution >= 0.6 is 0 Å². The van der Waals surface area contributed by atoms with Crippen molar-refractivity contribution in [2.45, 2.75) is 47.0 Å². The maximum atomic E-state index is 4.69. The van der Waals surface area contributed by atoms with Gasteiger partial charge in [0, 0.05) is 25.7 Å². The molecule has 0 aliphatic carbocycles. The summed E-state index contributed by atoms with van der Waals surface area (Å²) in [5, 5.41) is 3.18. The van der Waals surface area contributed by atoms with Gasteiger partial charge in [-0.05, 0) is 44.9 Å². The minimum Gasteiger partial charge on any atom is -0.373 e. The Hall–Kier alpha value is -1.32. The molecule has 1 unspecified atom stereocenters. The van der Waals surface area contributed by atoms with Crippen molar-refractivity contribution in [3.05, 3.63) is 11.4 Å². The third-order valence-electron chi connectivity index (χ3n) is 4.48. The lowest BCUT2D eigenvalue weighted by Gasteiger charge is -2.25. The van der Waals surface area contributed by atoms with E-state index in [4.69, 9.17) is 4.98 Å². The van der Waals surface area contributed by atoms with Gasteiger partial charge in [-0.15, -0.1) is 0 Å². The van der Waals surface area contributed by atoms with E-state index in [9.17, 15) is 0 Å². The van der Waals surface area contributed by atoms with Crippen molar-refractivity contribution in [2.75, 3.05) is 30.4 Å². The van der Waals surface area contributed by atoms with Crippen molar-refractivity contribution in [3.63, 3.8) is 0 Å². The predicted molar refractivity (Wildman–Crippen MR) is 85.4 cm³/mol. The number of hydrogen-bond donors (Lipinski definition) is 1. The average Bonchev–Trinajstić information content (AvgIpc) is 2.66. The first kappa shape index (κ1) is 15.1. The molecule has 1 aromatic heterocycles. The van der Waals surface area contributed by atoms with Gasteiger partial charge in [-0.3, -0.25) is 0 Å². The van der Waals surface area contributed by atoms with Crippen LogP contribution in [-0.4, -0.2) is 30.1 Å². The first-order valence-electron chi connectivity index (χ1n) is 7.81. The molecule has 4 nitrogen and oxygen atoms in total. The van der Waals surface area contributed by atoms with Crippen LogP contribution in [0.1, 0.15) is 44.5 Å². The number of nitrogens with one attached hydrogen (secondary N) is 1. The van der Waals surface area contributed by atoms with Crippen LogP contribution in [0.4, 0.5) is 11.6 Å². The standard InChI is InChI=1S/C16H28N4/c1-11(2)14-7-6-9-20(10-8-14)16-12(3)15(17-5)18-13(4)19-16/h11,14H,6-10H2,1-5H3,(H,17,18,19). The van der Waals surface area contributed by atoms with Crippen LogP contribution in [0.25, 0.3) is 0 Å². The Labute approximate surface area is 123 Å². The van der Waals surface area contributed by atoms with Crippen LogP contribution < -0.4 is 10.2 Å². The molecule has 20 heavy (non-hydrogen) atoms. The number of aryl methyl sites for hydroxylation is 1. The molecule has 0 saturated carbocycles. The topological polar surface area (TPSA) is 41.1 Å². The summed E-state index contributed by atoms with van der Waals surface area (Å²) in [5.41, 5.74) is 1.17. The van der Waals surface area contributed by atoms with E-state index in [0.717, 1.165) is 42.4 Å². The number of hydrogen-bond acceptors (Lipinski definition) is 4. The molecule has 1 N–H and O–H groups in total. The van der Waals surface area contributed by atoms with Gasteiger partial charge in [0.15, 0.2) is 0 Å². The minimum absolute atomic E-state index is 0.788. The summed E-state index contributed by atoms with van der Waals surface area (Å²) in [6.45, 7) is 11.0. The first-order valence-corrected chi connectivity index (χ1v) is 7.81. The van der Waals surface area contributed by atoms with Gasteiger partial charge >= 0.3 is 0 Å². The zero-order valence-corrected chi connectivity index (χ0v) is 13.5. The molecule has 1 saturated heterocycles. The SMILES string of the molecule is CNc1nc(C)nc(N2CCCC(C(C)C)CC2)c1C. The van der Waals surface area contributed by atoms with Crippen LogP contribution in [0.5, 0.6) is 0 Å². The summed E-state index contributed by atoms with van der Waals surface area (Å²) in [4.78, 5) is 11.6. The van der Waals surface area contributed by atoms with Gasteiger partial charge in [-0.25, -0.2) is 9.97 Å². The van der Waals surface area contributed by atoms with E-state index in [2.05, 4.69) is 36.0 Å². The molecule has 2 rings (SSSR count). The third kappa shape index (κ3) is 3.22. The maximum absolute atomic E-state index is 4.69. The zero-order valence-electron chi connectivity index (χ0n) is 13.5. The van der Waals surface area contributed by atoms with Gasteiger partial charge in [0.25, 0.3) is 0 Å². The maximum Gasteiger partial charge on any atom is 0.137 e. The Balaban J connectivity index is 2.21. The van der Waals surface area contributed by atoms with Gasteiger partial charge in [-0.1, -0.05) is 13.8 Å². The van der Waals surface area contributed by atoms with E-state index in [1.807, 2.05) is 14.0 Å². The number of anilines is 2. The van der Waals surface area contributed by atoms with E-state index in [-0.39, 0.29) is 0 Å². The molecular formula is C16H28N4. The Morgan fingerprint density at radius 3 is 2.55 bits per heavy atom. The van der Waals surface area contributed by atoms with Crippen LogP contribution in [-0.2, 0) is 0 Å². The molecule has 0 radical (unpaired) electrons. The van der Waals surface area contributed by atoms with Crippen molar-refractivity contribution < 1.29 is 0 Å². The van der Waals surface area contributed by atoms with Crippen molar-refractivity contribution in [3.8, 4) is 0 Å². The third-order valence-corrected chi connectivity index (χ3v) is 4.48. The summed E-state index contributed by atoms with van der Waals surface area (Å²) >= 11 is 0. The fourth-order valence-electron chi connectivity index (χ4n) is 3.17. The normalized spacial score (nSPS) is 20.1. The predicted octanol–water partition coefficient (Wildman–Crippen LogP) is 3.40. The van der Waals surface area contributed by atoms with Gasteiger partial charge in [-0.2, -0.15) is 0 Å². The lowest BCUT2D eigenvalue weighted by atomic mass is 9.89. The van der Waals surface area contributed by atoms with Crippen LogP contribution in [0.15, 0.2) is 0 Å². The molecule has 1 aromatic rings. The molecule has 1 atom stereocenters. The molecule has 0 aromatic carbocycles. The number of aromatic nitrogens is 2. The van der Waals surface area contributed by atoms with Crippen LogP contribution in [0, 0.1) is 25.7 Å². The van der Waals surface area contributed by atoms with Crippen LogP contribution in [0.2, 0.25) is 0 Å². The Morgan fingerprint density at radius 1 is 1.15 bits per heavy atom. The summed E-state index contributed by atoms with van der Waals surface area (Å²) in [5.74, 6) is 4.56. The fraction of sp³-hybridized carbons (Fsp3) is 0.750. The van der Waals surface area contributed by atoms with E-state index in [1.54, 1.807) is 0 Å². The minimum atomic E-state index is 0.788. The molecular weight excluding hydrogens is 248 g/mol. The van der Waals surface area contributed by atoms with Gasteiger partial charge < -0.3 is 10.2 Å². The van der Waals surface area contributed by atoms with Crippen LogP contribution in [0.3, 0.4) is 0 Å².